The third-order valence-corrected chi connectivity index (χ3v) is 4.61. The Morgan fingerprint density at radius 3 is 2.81 bits per heavy atom. The third kappa shape index (κ3) is 3.19. The molecule has 4 rings (SSSR count). The number of hydrogen-bond acceptors (Lipinski definition) is 4. The highest BCUT2D eigenvalue weighted by Gasteiger charge is 2.14. The molecule has 1 amide bonds. The van der Waals surface area contributed by atoms with Crippen LogP contribution < -0.4 is 5.56 Å². The number of carbonyl (C=O) groups is 1. The van der Waals surface area contributed by atoms with Gasteiger partial charge in [-0.05, 0) is 30.7 Å². The molecule has 2 aromatic carbocycles. The van der Waals surface area contributed by atoms with Gasteiger partial charge in [-0.15, -0.1) is 0 Å². The van der Waals surface area contributed by atoms with Crippen molar-refractivity contribution in [2.75, 3.05) is 7.05 Å². The number of hydrogen-bond donors (Lipinski definition) is 1. The smallest absolute Gasteiger partial charge is 0.261 e. The summed E-state index contributed by atoms with van der Waals surface area (Å²) < 4.78 is 1.35. The van der Waals surface area contributed by atoms with E-state index in [9.17, 15) is 9.59 Å². The van der Waals surface area contributed by atoms with Crippen molar-refractivity contribution < 1.29 is 4.79 Å². The minimum atomic E-state index is -0.214. The Kier molecular flexibility index (Phi) is 4.19. The SMILES string of the molecule is Cc1cccc2c(=O)n(CC(=O)N(C)Cc3nc4ccccc4[nH]3)cnc12. The van der Waals surface area contributed by atoms with Crippen LogP contribution >= 0.6 is 0 Å². The van der Waals surface area contributed by atoms with Crippen LogP contribution in [-0.4, -0.2) is 37.4 Å². The van der Waals surface area contributed by atoms with Crippen LogP contribution in [0.2, 0.25) is 0 Å². The van der Waals surface area contributed by atoms with Gasteiger partial charge in [0.25, 0.3) is 5.56 Å². The van der Waals surface area contributed by atoms with Crippen molar-refractivity contribution >= 4 is 27.8 Å². The lowest BCUT2D eigenvalue weighted by atomic mass is 10.1. The molecular formula is C20H19N5O2. The Bertz CT molecular complexity index is 1170. The number of carbonyl (C=O) groups excluding carboxylic acids is 1. The maximum Gasteiger partial charge on any atom is 0.261 e. The highest BCUT2D eigenvalue weighted by atomic mass is 16.2. The van der Waals surface area contributed by atoms with Gasteiger partial charge in [0.2, 0.25) is 5.91 Å². The Morgan fingerprint density at radius 2 is 2.00 bits per heavy atom. The first-order valence-corrected chi connectivity index (χ1v) is 8.65. The normalized spacial score (nSPS) is 11.2. The van der Waals surface area contributed by atoms with Crippen molar-refractivity contribution in [2.24, 2.45) is 0 Å². The van der Waals surface area contributed by atoms with Crippen molar-refractivity contribution in [2.45, 2.75) is 20.0 Å². The summed E-state index contributed by atoms with van der Waals surface area (Å²) in [6, 6.07) is 13.2. The lowest BCUT2D eigenvalue weighted by Gasteiger charge is -2.16. The van der Waals surface area contributed by atoms with E-state index in [2.05, 4.69) is 15.0 Å². The van der Waals surface area contributed by atoms with Crippen LogP contribution in [0.25, 0.3) is 21.9 Å². The molecule has 2 heterocycles. The van der Waals surface area contributed by atoms with Crippen molar-refractivity contribution in [3.63, 3.8) is 0 Å². The van der Waals surface area contributed by atoms with E-state index in [-0.39, 0.29) is 18.0 Å². The van der Waals surface area contributed by atoms with E-state index in [1.54, 1.807) is 18.0 Å². The molecule has 0 aliphatic rings. The molecule has 136 valence electrons. The zero-order chi connectivity index (χ0) is 19.0. The van der Waals surface area contributed by atoms with Gasteiger partial charge >= 0.3 is 0 Å². The summed E-state index contributed by atoms with van der Waals surface area (Å²) in [6.07, 6.45) is 1.44. The number of rotatable bonds is 4. The molecule has 0 saturated heterocycles. The summed E-state index contributed by atoms with van der Waals surface area (Å²) in [6.45, 7) is 2.18. The average Bonchev–Trinajstić information content (AvgIpc) is 3.06. The van der Waals surface area contributed by atoms with E-state index in [1.807, 2.05) is 43.3 Å². The van der Waals surface area contributed by atoms with E-state index in [4.69, 9.17) is 0 Å². The number of imidazole rings is 1. The van der Waals surface area contributed by atoms with Crippen LogP contribution in [0, 0.1) is 6.92 Å². The molecular weight excluding hydrogens is 342 g/mol. The Balaban J connectivity index is 1.54. The summed E-state index contributed by atoms with van der Waals surface area (Å²) in [4.78, 5) is 38.8. The predicted octanol–water partition coefficient (Wildman–Crippen LogP) is 2.24. The fourth-order valence-corrected chi connectivity index (χ4v) is 3.11. The maximum absolute atomic E-state index is 12.6. The second-order valence-electron chi connectivity index (χ2n) is 6.60. The van der Waals surface area contributed by atoms with E-state index in [0.717, 1.165) is 16.6 Å². The quantitative estimate of drug-likeness (QED) is 0.604. The number of likely N-dealkylation sites (N-methyl/N-ethyl adjacent to an activating group) is 1. The van der Waals surface area contributed by atoms with Gasteiger partial charge in [-0.3, -0.25) is 14.2 Å². The molecule has 27 heavy (non-hydrogen) atoms. The van der Waals surface area contributed by atoms with Gasteiger partial charge in [0, 0.05) is 7.05 Å². The minimum Gasteiger partial charge on any atom is -0.340 e. The number of nitrogens with zero attached hydrogens (tertiary/aromatic N) is 4. The summed E-state index contributed by atoms with van der Waals surface area (Å²) in [5, 5.41) is 0.519. The second kappa shape index (κ2) is 6.68. The van der Waals surface area contributed by atoms with Gasteiger partial charge in [0.1, 0.15) is 12.4 Å². The zero-order valence-electron chi connectivity index (χ0n) is 15.1. The van der Waals surface area contributed by atoms with Gasteiger partial charge in [0.05, 0.1) is 34.8 Å². The van der Waals surface area contributed by atoms with E-state index in [0.29, 0.717) is 23.3 Å². The van der Waals surface area contributed by atoms with Crippen LogP contribution in [0.4, 0.5) is 0 Å². The lowest BCUT2D eigenvalue weighted by molar-refractivity contribution is -0.131. The van der Waals surface area contributed by atoms with Gasteiger partial charge < -0.3 is 9.88 Å². The molecule has 0 atom stereocenters. The molecule has 1 N–H and O–H groups in total. The van der Waals surface area contributed by atoms with Crippen molar-refractivity contribution in [1.29, 1.82) is 0 Å². The highest BCUT2D eigenvalue weighted by Crippen LogP contribution is 2.13. The van der Waals surface area contributed by atoms with E-state index < -0.39 is 0 Å². The van der Waals surface area contributed by atoms with E-state index in [1.165, 1.54) is 10.9 Å². The molecule has 0 radical (unpaired) electrons. The minimum absolute atomic E-state index is 0.0631. The Labute approximate surface area is 155 Å². The van der Waals surface area contributed by atoms with Crippen LogP contribution in [-0.2, 0) is 17.9 Å². The van der Waals surface area contributed by atoms with Crippen LogP contribution in [0.1, 0.15) is 11.4 Å². The summed E-state index contributed by atoms with van der Waals surface area (Å²) in [5.74, 6) is 0.512. The number of H-pyrrole nitrogens is 1. The van der Waals surface area contributed by atoms with Gasteiger partial charge in [-0.25, -0.2) is 9.97 Å². The summed E-state index contributed by atoms with van der Waals surface area (Å²) in [7, 11) is 1.69. The summed E-state index contributed by atoms with van der Waals surface area (Å²) in [5.41, 5.74) is 3.18. The van der Waals surface area contributed by atoms with Gasteiger partial charge in [-0.1, -0.05) is 24.3 Å². The number of aromatic nitrogens is 4. The molecule has 0 spiro atoms. The Hall–Kier alpha value is -3.48. The molecule has 2 aromatic heterocycles. The van der Waals surface area contributed by atoms with Gasteiger partial charge in [0.15, 0.2) is 0 Å². The van der Waals surface area contributed by atoms with Crippen LogP contribution in [0.5, 0.6) is 0 Å². The number of amides is 1. The number of benzene rings is 2. The zero-order valence-corrected chi connectivity index (χ0v) is 15.1. The fourth-order valence-electron chi connectivity index (χ4n) is 3.11. The topological polar surface area (TPSA) is 83.9 Å². The first kappa shape index (κ1) is 17.0. The molecule has 7 nitrogen and oxygen atoms in total. The average molecular weight is 361 g/mol. The number of para-hydroxylation sites is 3. The van der Waals surface area contributed by atoms with E-state index >= 15 is 0 Å². The Morgan fingerprint density at radius 1 is 1.19 bits per heavy atom. The first-order valence-electron chi connectivity index (χ1n) is 8.65. The second-order valence-corrected chi connectivity index (χ2v) is 6.60. The molecule has 0 aliphatic heterocycles. The first-order chi connectivity index (χ1) is 13.0. The maximum atomic E-state index is 12.6. The summed E-state index contributed by atoms with van der Waals surface area (Å²) >= 11 is 0. The van der Waals surface area contributed by atoms with Crippen molar-refractivity contribution in [3.05, 3.63) is 70.5 Å². The fraction of sp³-hybridized carbons (Fsp3) is 0.200. The predicted molar refractivity (Wildman–Crippen MR) is 103 cm³/mol. The number of aryl methyl sites for hydroxylation is 1. The van der Waals surface area contributed by atoms with Crippen LogP contribution in [0.15, 0.2) is 53.6 Å². The van der Waals surface area contributed by atoms with Crippen LogP contribution in [0.3, 0.4) is 0 Å². The number of fused-ring (bicyclic) bond motifs is 2. The molecule has 7 heteroatoms. The molecule has 0 unspecified atom stereocenters. The highest BCUT2D eigenvalue weighted by molar-refractivity contribution is 5.81. The van der Waals surface area contributed by atoms with Crippen molar-refractivity contribution in [1.82, 2.24) is 24.4 Å². The molecule has 0 aliphatic carbocycles. The molecule has 0 saturated carbocycles. The molecule has 0 fully saturated rings. The lowest BCUT2D eigenvalue weighted by Crippen LogP contribution is -2.34. The number of nitrogens with one attached hydrogen (secondary N) is 1. The van der Waals surface area contributed by atoms with Crippen molar-refractivity contribution in [3.8, 4) is 0 Å². The largest absolute Gasteiger partial charge is 0.340 e. The van der Waals surface area contributed by atoms with Gasteiger partial charge in [-0.2, -0.15) is 0 Å². The molecule has 0 bridgehead atoms. The monoisotopic (exact) mass is 361 g/mol. The third-order valence-electron chi connectivity index (χ3n) is 4.61. The number of aromatic amines is 1. The molecule has 4 aromatic rings. The standard InChI is InChI=1S/C20H19N5O2/c1-13-6-5-7-14-19(13)21-12-25(20(14)27)11-18(26)24(2)10-17-22-15-8-3-4-9-16(15)23-17/h3-9,12H,10-11H2,1-2H3,(H,22,23).